The van der Waals surface area contributed by atoms with Crippen LogP contribution in [0.1, 0.15) is 64.2 Å². The van der Waals surface area contributed by atoms with Gasteiger partial charge in [0.15, 0.2) is 0 Å². The molecular formula is C22H29N. The Morgan fingerprint density at radius 1 is 1.09 bits per heavy atom. The molecule has 0 unspecified atom stereocenters. The SMILES string of the molecule is CCC(N=C/C(C#Cc1cc(C)ccc1C)=C(\C)CC)=C(C)C. The minimum absolute atomic E-state index is 0.946. The van der Waals surface area contributed by atoms with Crippen LogP contribution < -0.4 is 0 Å². The molecule has 1 nitrogen and oxygen atoms in total. The second-order valence-corrected chi connectivity index (χ2v) is 6.17. The smallest absolute Gasteiger partial charge is 0.0427 e. The molecule has 0 fully saturated rings. The maximum absolute atomic E-state index is 4.66. The van der Waals surface area contributed by atoms with Gasteiger partial charge in [-0.15, -0.1) is 0 Å². The molecular weight excluding hydrogens is 278 g/mol. The monoisotopic (exact) mass is 307 g/mol. The van der Waals surface area contributed by atoms with Gasteiger partial charge in [-0.3, -0.25) is 4.99 Å². The van der Waals surface area contributed by atoms with E-state index in [0.717, 1.165) is 29.7 Å². The van der Waals surface area contributed by atoms with Gasteiger partial charge in [-0.1, -0.05) is 49.0 Å². The van der Waals surface area contributed by atoms with E-state index in [1.54, 1.807) is 0 Å². The first kappa shape index (κ1) is 19.0. The lowest BCUT2D eigenvalue weighted by Gasteiger charge is -2.03. The fourth-order valence-electron chi connectivity index (χ4n) is 2.16. The van der Waals surface area contributed by atoms with Crippen LogP contribution in [0, 0.1) is 25.7 Å². The Morgan fingerprint density at radius 3 is 2.35 bits per heavy atom. The predicted molar refractivity (Wildman–Crippen MR) is 103 cm³/mol. The summed E-state index contributed by atoms with van der Waals surface area (Å²) in [4.78, 5) is 4.66. The predicted octanol–water partition coefficient (Wildman–Crippen LogP) is 6.16. The van der Waals surface area contributed by atoms with E-state index in [2.05, 4.69) is 83.5 Å². The lowest BCUT2D eigenvalue weighted by molar-refractivity contribution is 1.03. The van der Waals surface area contributed by atoms with E-state index >= 15 is 0 Å². The van der Waals surface area contributed by atoms with Crippen LogP contribution in [0.4, 0.5) is 0 Å². The minimum atomic E-state index is 0.946. The van der Waals surface area contributed by atoms with Crippen LogP contribution in [-0.4, -0.2) is 6.21 Å². The van der Waals surface area contributed by atoms with Crippen LogP contribution in [0.25, 0.3) is 0 Å². The molecule has 0 aliphatic rings. The van der Waals surface area contributed by atoms with Gasteiger partial charge in [0.1, 0.15) is 0 Å². The second kappa shape index (κ2) is 9.16. The van der Waals surface area contributed by atoms with Gasteiger partial charge in [0.2, 0.25) is 0 Å². The number of benzene rings is 1. The standard InChI is InChI=1S/C22H29N/c1-8-18(6)21(15-23-22(9-2)16(3)4)13-12-20-14-17(5)10-11-19(20)7/h10-11,14-15H,8-9H2,1-7H3/b21-18+,23-15?. The van der Waals surface area contributed by atoms with Gasteiger partial charge in [0.25, 0.3) is 0 Å². The summed E-state index contributed by atoms with van der Waals surface area (Å²) in [5.74, 6) is 6.66. The molecule has 1 aromatic carbocycles. The molecule has 0 spiro atoms. The summed E-state index contributed by atoms with van der Waals surface area (Å²) in [5.41, 5.74) is 8.25. The summed E-state index contributed by atoms with van der Waals surface area (Å²) >= 11 is 0. The summed E-state index contributed by atoms with van der Waals surface area (Å²) < 4.78 is 0. The highest BCUT2D eigenvalue weighted by Crippen LogP contribution is 2.13. The van der Waals surface area contributed by atoms with Crippen molar-refractivity contribution in [3.8, 4) is 11.8 Å². The van der Waals surface area contributed by atoms with Crippen LogP contribution in [0.2, 0.25) is 0 Å². The van der Waals surface area contributed by atoms with Crippen molar-refractivity contribution in [2.24, 2.45) is 4.99 Å². The largest absolute Gasteiger partial charge is 0.260 e. The number of hydrogen-bond acceptors (Lipinski definition) is 1. The van der Waals surface area contributed by atoms with Gasteiger partial charge in [-0.25, -0.2) is 0 Å². The first-order valence-electron chi connectivity index (χ1n) is 8.38. The van der Waals surface area contributed by atoms with Gasteiger partial charge in [0, 0.05) is 23.0 Å². The van der Waals surface area contributed by atoms with Crippen molar-refractivity contribution >= 4 is 6.21 Å². The number of hydrogen-bond donors (Lipinski definition) is 0. The lowest BCUT2D eigenvalue weighted by atomic mass is 10.0. The molecule has 0 N–H and O–H groups in total. The molecule has 0 saturated carbocycles. The van der Waals surface area contributed by atoms with E-state index in [4.69, 9.17) is 0 Å². The van der Waals surface area contributed by atoms with Crippen molar-refractivity contribution in [3.05, 3.63) is 57.3 Å². The quantitative estimate of drug-likeness (QED) is 0.467. The molecule has 0 radical (unpaired) electrons. The molecule has 23 heavy (non-hydrogen) atoms. The van der Waals surface area contributed by atoms with Crippen molar-refractivity contribution in [3.63, 3.8) is 0 Å². The molecule has 1 aromatic rings. The molecule has 1 heteroatoms. The second-order valence-electron chi connectivity index (χ2n) is 6.17. The van der Waals surface area contributed by atoms with Gasteiger partial charge in [-0.05, 0) is 64.7 Å². The highest BCUT2D eigenvalue weighted by molar-refractivity contribution is 5.86. The zero-order valence-electron chi connectivity index (χ0n) is 15.7. The number of allylic oxidation sites excluding steroid dienone is 4. The molecule has 122 valence electrons. The van der Waals surface area contributed by atoms with E-state index in [1.807, 2.05) is 6.21 Å². The van der Waals surface area contributed by atoms with Gasteiger partial charge in [-0.2, -0.15) is 0 Å². The van der Waals surface area contributed by atoms with Crippen molar-refractivity contribution in [2.75, 3.05) is 0 Å². The lowest BCUT2D eigenvalue weighted by Crippen LogP contribution is -1.91. The highest BCUT2D eigenvalue weighted by atomic mass is 14.7. The summed E-state index contributed by atoms with van der Waals surface area (Å²) in [7, 11) is 0. The molecule has 0 aromatic heterocycles. The average Bonchev–Trinajstić information content (AvgIpc) is 2.52. The normalized spacial score (nSPS) is 11.8. The van der Waals surface area contributed by atoms with Crippen LogP contribution in [-0.2, 0) is 0 Å². The third-order valence-corrected chi connectivity index (χ3v) is 3.98. The zero-order chi connectivity index (χ0) is 17.4. The summed E-state index contributed by atoms with van der Waals surface area (Å²) in [6, 6.07) is 6.40. The summed E-state index contributed by atoms with van der Waals surface area (Å²) in [6.07, 6.45) is 3.86. The van der Waals surface area contributed by atoms with Gasteiger partial charge < -0.3 is 0 Å². The van der Waals surface area contributed by atoms with Crippen molar-refractivity contribution in [1.82, 2.24) is 0 Å². The number of rotatable bonds is 4. The fraction of sp³-hybridized carbons (Fsp3) is 0.409. The van der Waals surface area contributed by atoms with E-state index in [9.17, 15) is 0 Å². The molecule has 0 amide bonds. The Bertz CT molecular complexity index is 699. The number of aliphatic imine (C=N–C) groups is 1. The molecule has 0 atom stereocenters. The van der Waals surface area contributed by atoms with Crippen molar-refractivity contribution in [1.29, 1.82) is 0 Å². The van der Waals surface area contributed by atoms with Crippen molar-refractivity contribution < 1.29 is 0 Å². The maximum atomic E-state index is 4.66. The van der Waals surface area contributed by atoms with Gasteiger partial charge >= 0.3 is 0 Å². The van der Waals surface area contributed by atoms with Crippen LogP contribution >= 0.6 is 0 Å². The minimum Gasteiger partial charge on any atom is -0.260 e. The van der Waals surface area contributed by atoms with E-state index < -0.39 is 0 Å². The Kier molecular flexibility index (Phi) is 7.55. The Morgan fingerprint density at radius 2 is 1.78 bits per heavy atom. The number of aryl methyl sites for hydroxylation is 2. The molecule has 0 aliphatic heterocycles. The molecule has 0 heterocycles. The Balaban J connectivity index is 3.22. The molecule has 1 rings (SSSR count). The van der Waals surface area contributed by atoms with Gasteiger partial charge in [0.05, 0.1) is 0 Å². The van der Waals surface area contributed by atoms with Crippen LogP contribution in [0.15, 0.2) is 45.6 Å². The highest BCUT2D eigenvalue weighted by Gasteiger charge is 1.99. The molecule has 0 saturated heterocycles. The first-order chi connectivity index (χ1) is 10.9. The maximum Gasteiger partial charge on any atom is 0.0427 e. The summed E-state index contributed by atoms with van der Waals surface area (Å²) in [5, 5.41) is 0. The van der Waals surface area contributed by atoms with Crippen molar-refractivity contribution in [2.45, 2.75) is 61.3 Å². The topological polar surface area (TPSA) is 12.4 Å². The van der Waals surface area contributed by atoms with E-state index in [-0.39, 0.29) is 0 Å². The Labute approximate surface area is 142 Å². The molecule has 0 bridgehead atoms. The first-order valence-corrected chi connectivity index (χ1v) is 8.38. The van der Waals surface area contributed by atoms with Crippen LogP contribution in [0.5, 0.6) is 0 Å². The van der Waals surface area contributed by atoms with E-state index in [1.165, 1.54) is 22.3 Å². The fourth-order valence-corrected chi connectivity index (χ4v) is 2.16. The van der Waals surface area contributed by atoms with E-state index in [0.29, 0.717) is 0 Å². The number of nitrogens with zero attached hydrogens (tertiary/aromatic N) is 1. The molecule has 0 aliphatic carbocycles. The zero-order valence-corrected chi connectivity index (χ0v) is 15.7. The van der Waals surface area contributed by atoms with Crippen LogP contribution in [0.3, 0.4) is 0 Å². The Hall–Kier alpha value is -2.07. The third kappa shape index (κ3) is 5.91. The summed E-state index contributed by atoms with van der Waals surface area (Å²) in [6.45, 7) is 14.8. The average molecular weight is 307 g/mol. The third-order valence-electron chi connectivity index (χ3n) is 3.98.